The zero-order valence-corrected chi connectivity index (χ0v) is 17.3. The molecule has 0 unspecified atom stereocenters. The lowest BCUT2D eigenvalue weighted by Gasteiger charge is -2.28. The van der Waals surface area contributed by atoms with E-state index in [2.05, 4.69) is 0 Å². The molecule has 0 aromatic heterocycles. The van der Waals surface area contributed by atoms with Crippen LogP contribution in [0.5, 0.6) is 11.5 Å². The highest BCUT2D eigenvalue weighted by molar-refractivity contribution is 6.00. The second-order valence-electron chi connectivity index (χ2n) is 7.71. The average Bonchev–Trinajstić information content (AvgIpc) is 3.18. The van der Waals surface area contributed by atoms with E-state index >= 15 is 0 Å². The number of rotatable bonds is 5. The third kappa shape index (κ3) is 4.03. The van der Waals surface area contributed by atoms with Crippen molar-refractivity contribution in [2.75, 3.05) is 31.7 Å². The third-order valence-electron chi connectivity index (χ3n) is 5.80. The van der Waals surface area contributed by atoms with Crippen molar-refractivity contribution in [3.05, 3.63) is 58.1 Å². The van der Waals surface area contributed by atoms with Crippen molar-refractivity contribution in [3.8, 4) is 11.5 Å². The van der Waals surface area contributed by atoms with Crippen LogP contribution >= 0.6 is 0 Å². The van der Waals surface area contributed by atoms with Crippen LogP contribution in [-0.2, 0) is 9.59 Å². The molecule has 0 bridgehead atoms. The van der Waals surface area contributed by atoms with Gasteiger partial charge in [-0.2, -0.15) is 0 Å². The molecule has 2 heterocycles. The van der Waals surface area contributed by atoms with Gasteiger partial charge in [-0.15, -0.1) is 0 Å². The van der Waals surface area contributed by atoms with Gasteiger partial charge in [0.2, 0.25) is 11.8 Å². The second-order valence-corrected chi connectivity index (χ2v) is 7.71. The van der Waals surface area contributed by atoms with Gasteiger partial charge in [-0.05, 0) is 24.6 Å². The number of anilines is 1. The number of ether oxygens (including phenoxy) is 2. The summed E-state index contributed by atoms with van der Waals surface area (Å²) in [5.74, 6) is 0.424. The lowest BCUT2D eigenvalue weighted by molar-refractivity contribution is -0.384. The van der Waals surface area contributed by atoms with Gasteiger partial charge in [0.25, 0.3) is 5.69 Å². The number of carbonyl (C=O) groups excluding carboxylic acids is 2. The SMILES string of the molecule is C[C@H](c1cccc([N+](=O)[O-])c1)N(C)C(=O)[C@@H]1CC(=O)N(c2ccc3c(c2)OCCO3)C1. The number of fused-ring (bicyclic) bond motifs is 1. The van der Waals surface area contributed by atoms with E-state index in [1.165, 1.54) is 12.1 Å². The molecule has 2 aliphatic rings. The summed E-state index contributed by atoms with van der Waals surface area (Å²) in [6.45, 7) is 3.02. The number of benzene rings is 2. The lowest BCUT2D eigenvalue weighted by atomic mass is 10.0. The number of non-ortho nitro benzene ring substituents is 1. The van der Waals surface area contributed by atoms with E-state index in [-0.39, 0.29) is 36.5 Å². The molecule has 2 atom stereocenters. The van der Waals surface area contributed by atoms with Crippen molar-refractivity contribution in [3.63, 3.8) is 0 Å². The van der Waals surface area contributed by atoms with Crippen molar-refractivity contribution in [2.24, 2.45) is 5.92 Å². The van der Waals surface area contributed by atoms with Crippen LogP contribution < -0.4 is 14.4 Å². The minimum absolute atomic E-state index is 0.0222. The third-order valence-corrected chi connectivity index (χ3v) is 5.80. The lowest BCUT2D eigenvalue weighted by Crippen LogP contribution is -2.36. The van der Waals surface area contributed by atoms with Crippen LogP contribution in [-0.4, -0.2) is 48.4 Å². The Balaban J connectivity index is 1.47. The number of nitro groups is 1. The molecule has 0 spiro atoms. The van der Waals surface area contributed by atoms with E-state index in [1.807, 2.05) is 6.92 Å². The van der Waals surface area contributed by atoms with E-state index in [4.69, 9.17) is 9.47 Å². The van der Waals surface area contributed by atoms with Crippen LogP contribution in [0.4, 0.5) is 11.4 Å². The van der Waals surface area contributed by atoms with Gasteiger partial charge >= 0.3 is 0 Å². The zero-order valence-electron chi connectivity index (χ0n) is 17.3. The second kappa shape index (κ2) is 8.25. The van der Waals surface area contributed by atoms with Crippen LogP contribution in [0.3, 0.4) is 0 Å². The van der Waals surface area contributed by atoms with E-state index in [0.717, 1.165) is 0 Å². The van der Waals surface area contributed by atoms with Crippen molar-refractivity contribution in [1.82, 2.24) is 4.90 Å². The number of nitrogens with zero attached hydrogens (tertiary/aromatic N) is 3. The standard InChI is InChI=1S/C22H23N3O6/c1-14(15-4-3-5-18(10-15)25(28)29)23(2)22(27)16-11-21(26)24(13-16)17-6-7-19-20(12-17)31-9-8-30-19/h3-7,10,12,14,16H,8-9,11,13H2,1-2H3/t14-,16-/m1/s1. The van der Waals surface area contributed by atoms with Crippen molar-refractivity contribution in [2.45, 2.75) is 19.4 Å². The van der Waals surface area contributed by atoms with Crippen LogP contribution in [0.15, 0.2) is 42.5 Å². The van der Waals surface area contributed by atoms with E-state index < -0.39 is 10.8 Å². The highest BCUT2D eigenvalue weighted by atomic mass is 16.6. The molecule has 0 radical (unpaired) electrons. The first-order chi connectivity index (χ1) is 14.8. The summed E-state index contributed by atoms with van der Waals surface area (Å²) in [4.78, 5) is 39.5. The molecule has 1 fully saturated rings. The molecule has 2 aliphatic heterocycles. The van der Waals surface area contributed by atoms with Crippen molar-refractivity contribution in [1.29, 1.82) is 0 Å². The average molecular weight is 425 g/mol. The quantitative estimate of drug-likeness (QED) is 0.539. The molecule has 2 aromatic rings. The summed E-state index contributed by atoms with van der Waals surface area (Å²) in [5, 5.41) is 11.1. The number of hydrogen-bond acceptors (Lipinski definition) is 6. The van der Waals surface area contributed by atoms with Crippen molar-refractivity contribution < 1.29 is 24.0 Å². The van der Waals surface area contributed by atoms with Gasteiger partial charge < -0.3 is 19.3 Å². The summed E-state index contributed by atoms with van der Waals surface area (Å²) in [6, 6.07) is 11.2. The summed E-state index contributed by atoms with van der Waals surface area (Å²) < 4.78 is 11.1. The molecule has 0 aliphatic carbocycles. The maximum Gasteiger partial charge on any atom is 0.269 e. The molecule has 9 heteroatoms. The van der Waals surface area contributed by atoms with Gasteiger partial charge in [0.15, 0.2) is 11.5 Å². The first-order valence-electron chi connectivity index (χ1n) is 10.1. The van der Waals surface area contributed by atoms with Gasteiger partial charge in [-0.3, -0.25) is 19.7 Å². The fourth-order valence-corrected chi connectivity index (χ4v) is 3.92. The molecular weight excluding hydrogens is 402 g/mol. The number of carbonyl (C=O) groups is 2. The molecule has 1 saturated heterocycles. The Morgan fingerprint density at radius 2 is 1.94 bits per heavy atom. The Bertz CT molecular complexity index is 1040. The summed E-state index contributed by atoms with van der Waals surface area (Å²) >= 11 is 0. The highest BCUT2D eigenvalue weighted by Crippen LogP contribution is 2.36. The molecule has 0 saturated carbocycles. The number of hydrogen-bond donors (Lipinski definition) is 0. The van der Waals surface area contributed by atoms with Gasteiger partial charge in [0, 0.05) is 43.9 Å². The highest BCUT2D eigenvalue weighted by Gasteiger charge is 2.38. The first kappa shape index (κ1) is 20.6. The Morgan fingerprint density at radius 1 is 1.19 bits per heavy atom. The predicted molar refractivity (Wildman–Crippen MR) is 112 cm³/mol. The van der Waals surface area contributed by atoms with E-state index in [1.54, 1.807) is 47.2 Å². The maximum atomic E-state index is 13.1. The van der Waals surface area contributed by atoms with Gasteiger partial charge in [0.05, 0.1) is 16.9 Å². The topological polar surface area (TPSA) is 102 Å². The molecule has 9 nitrogen and oxygen atoms in total. The molecule has 4 rings (SSSR count). The van der Waals surface area contributed by atoms with Crippen LogP contribution in [0.25, 0.3) is 0 Å². The normalized spacial score (nSPS) is 18.6. The summed E-state index contributed by atoms with van der Waals surface area (Å²) in [7, 11) is 1.66. The molecule has 0 N–H and O–H groups in total. The minimum atomic E-state index is -0.494. The largest absolute Gasteiger partial charge is 0.486 e. The Morgan fingerprint density at radius 3 is 2.68 bits per heavy atom. The van der Waals surface area contributed by atoms with Crippen LogP contribution in [0.2, 0.25) is 0 Å². The monoisotopic (exact) mass is 425 g/mol. The van der Waals surface area contributed by atoms with Crippen LogP contribution in [0, 0.1) is 16.0 Å². The summed E-state index contributed by atoms with van der Waals surface area (Å²) in [6.07, 6.45) is 0.110. The predicted octanol–water partition coefficient (Wildman–Crippen LogP) is 2.94. The minimum Gasteiger partial charge on any atom is -0.486 e. The first-order valence-corrected chi connectivity index (χ1v) is 10.1. The van der Waals surface area contributed by atoms with E-state index in [9.17, 15) is 19.7 Å². The maximum absolute atomic E-state index is 13.1. The Kier molecular flexibility index (Phi) is 5.50. The van der Waals surface area contributed by atoms with Crippen molar-refractivity contribution >= 4 is 23.2 Å². The van der Waals surface area contributed by atoms with Gasteiger partial charge in [-0.25, -0.2) is 0 Å². The number of amides is 2. The van der Waals surface area contributed by atoms with Gasteiger partial charge in [-0.1, -0.05) is 12.1 Å². The molecule has 2 aromatic carbocycles. The Hall–Kier alpha value is -3.62. The fourth-order valence-electron chi connectivity index (χ4n) is 3.92. The smallest absolute Gasteiger partial charge is 0.269 e. The molecule has 162 valence electrons. The summed E-state index contributed by atoms with van der Waals surface area (Å²) in [5.41, 5.74) is 1.31. The van der Waals surface area contributed by atoms with Gasteiger partial charge in [0.1, 0.15) is 13.2 Å². The van der Waals surface area contributed by atoms with E-state index in [0.29, 0.717) is 36.0 Å². The van der Waals surface area contributed by atoms with Crippen LogP contribution in [0.1, 0.15) is 24.9 Å². The number of nitro benzene ring substituents is 1. The molecule has 31 heavy (non-hydrogen) atoms. The fraction of sp³-hybridized carbons (Fsp3) is 0.364. The Labute approximate surface area is 179 Å². The molecule has 2 amide bonds. The molecular formula is C22H23N3O6. The zero-order chi connectivity index (χ0) is 22.1.